The highest BCUT2D eigenvalue weighted by Crippen LogP contribution is 2.29. The number of anilines is 2. The summed E-state index contributed by atoms with van der Waals surface area (Å²) < 4.78 is 10.5. The van der Waals surface area contributed by atoms with Crippen LogP contribution in [0.3, 0.4) is 0 Å². The lowest BCUT2D eigenvalue weighted by atomic mass is 10.2. The van der Waals surface area contributed by atoms with Crippen molar-refractivity contribution in [3.8, 4) is 11.5 Å². The van der Waals surface area contributed by atoms with E-state index in [9.17, 15) is 4.79 Å². The summed E-state index contributed by atoms with van der Waals surface area (Å²) in [5.41, 5.74) is 1.92. The molecule has 0 radical (unpaired) electrons. The predicted octanol–water partition coefficient (Wildman–Crippen LogP) is 4.62. The normalized spacial score (nSPS) is 10.2. The minimum absolute atomic E-state index is 0.295. The van der Waals surface area contributed by atoms with Gasteiger partial charge in [-0.15, -0.1) is 0 Å². The van der Waals surface area contributed by atoms with Crippen molar-refractivity contribution in [2.24, 2.45) is 0 Å². The number of pyridine rings is 1. The maximum absolute atomic E-state index is 12.5. The van der Waals surface area contributed by atoms with Crippen LogP contribution in [0.2, 0.25) is 5.02 Å². The maximum atomic E-state index is 12.5. The number of carbonyl (C=O) groups is 1. The zero-order chi connectivity index (χ0) is 19.9. The van der Waals surface area contributed by atoms with Crippen LogP contribution in [0.1, 0.15) is 15.9 Å². The summed E-state index contributed by atoms with van der Waals surface area (Å²) >= 11 is 6.15. The Morgan fingerprint density at radius 2 is 1.89 bits per heavy atom. The number of nitrogens with one attached hydrogen (secondary N) is 2. The summed E-state index contributed by atoms with van der Waals surface area (Å²) in [6.07, 6.45) is 1.51. The SMILES string of the molecule is COc1ccc(OC)c(NC(=O)c2ccc(NCc3ccccc3Cl)nc2)c1. The summed E-state index contributed by atoms with van der Waals surface area (Å²) in [6.45, 7) is 0.541. The van der Waals surface area contributed by atoms with Gasteiger partial charge >= 0.3 is 0 Å². The molecule has 7 heteroatoms. The van der Waals surface area contributed by atoms with Crippen molar-refractivity contribution >= 4 is 29.0 Å². The molecule has 0 saturated carbocycles. The van der Waals surface area contributed by atoms with Crippen LogP contribution in [0, 0.1) is 0 Å². The fourth-order valence-corrected chi connectivity index (χ4v) is 2.77. The Hall–Kier alpha value is -3.25. The zero-order valence-corrected chi connectivity index (χ0v) is 16.3. The third-order valence-electron chi connectivity index (χ3n) is 4.10. The largest absolute Gasteiger partial charge is 0.497 e. The molecule has 0 aliphatic rings. The summed E-state index contributed by atoms with van der Waals surface area (Å²) in [5.74, 6) is 1.51. The smallest absolute Gasteiger partial charge is 0.257 e. The van der Waals surface area contributed by atoms with Crippen molar-refractivity contribution in [2.45, 2.75) is 6.54 Å². The fourth-order valence-electron chi connectivity index (χ4n) is 2.57. The second-order valence-electron chi connectivity index (χ2n) is 5.90. The van der Waals surface area contributed by atoms with Crippen LogP contribution in [0.4, 0.5) is 11.5 Å². The molecule has 2 aromatic carbocycles. The van der Waals surface area contributed by atoms with Gasteiger partial charge < -0.3 is 20.1 Å². The number of nitrogens with zero attached hydrogens (tertiary/aromatic N) is 1. The average Bonchev–Trinajstić information content (AvgIpc) is 2.73. The van der Waals surface area contributed by atoms with Crippen molar-refractivity contribution in [3.63, 3.8) is 0 Å². The van der Waals surface area contributed by atoms with Crippen molar-refractivity contribution in [1.82, 2.24) is 4.98 Å². The zero-order valence-electron chi connectivity index (χ0n) is 15.5. The molecule has 0 saturated heterocycles. The van der Waals surface area contributed by atoms with Crippen LogP contribution in [0.25, 0.3) is 0 Å². The van der Waals surface area contributed by atoms with Crippen molar-refractivity contribution in [1.29, 1.82) is 0 Å². The number of halogens is 1. The van der Waals surface area contributed by atoms with E-state index in [1.165, 1.54) is 6.20 Å². The second-order valence-corrected chi connectivity index (χ2v) is 6.30. The molecule has 1 heterocycles. The van der Waals surface area contributed by atoms with Gasteiger partial charge in [-0.25, -0.2) is 4.98 Å². The third kappa shape index (κ3) is 4.72. The van der Waals surface area contributed by atoms with Gasteiger partial charge in [-0.3, -0.25) is 4.79 Å². The molecule has 28 heavy (non-hydrogen) atoms. The first-order chi connectivity index (χ1) is 13.6. The van der Waals surface area contributed by atoms with Crippen LogP contribution in [0.5, 0.6) is 11.5 Å². The van der Waals surface area contributed by atoms with E-state index in [0.29, 0.717) is 40.1 Å². The van der Waals surface area contributed by atoms with Gasteiger partial charge in [0.2, 0.25) is 0 Å². The third-order valence-corrected chi connectivity index (χ3v) is 4.47. The van der Waals surface area contributed by atoms with E-state index < -0.39 is 0 Å². The Morgan fingerprint density at radius 1 is 1.07 bits per heavy atom. The van der Waals surface area contributed by atoms with E-state index >= 15 is 0 Å². The molecular formula is C21H20ClN3O3. The molecule has 3 aromatic rings. The number of methoxy groups -OCH3 is 2. The minimum Gasteiger partial charge on any atom is -0.497 e. The minimum atomic E-state index is -0.295. The molecule has 0 spiro atoms. The monoisotopic (exact) mass is 397 g/mol. The summed E-state index contributed by atoms with van der Waals surface area (Å²) in [5, 5.41) is 6.70. The van der Waals surface area contributed by atoms with Crippen LogP contribution < -0.4 is 20.1 Å². The number of amides is 1. The highest BCUT2D eigenvalue weighted by Gasteiger charge is 2.11. The van der Waals surface area contributed by atoms with Crippen molar-refractivity contribution in [2.75, 3.05) is 24.9 Å². The highest BCUT2D eigenvalue weighted by atomic mass is 35.5. The first-order valence-electron chi connectivity index (χ1n) is 8.57. The standard InChI is InChI=1S/C21H20ClN3O3/c1-27-16-8-9-19(28-2)18(11-16)25-21(26)15-7-10-20(24-13-15)23-12-14-5-3-4-6-17(14)22/h3-11,13H,12H2,1-2H3,(H,23,24)(H,25,26). The van der Waals surface area contributed by atoms with E-state index in [-0.39, 0.29) is 5.91 Å². The molecule has 0 atom stereocenters. The lowest BCUT2D eigenvalue weighted by Gasteiger charge is -2.12. The Kier molecular flexibility index (Phi) is 6.34. The quantitative estimate of drug-likeness (QED) is 0.608. The number of ether oxygens (including phenoxy) is 2. The molecule has 0 aliphatic carbocycles. The molecular weight excluding hydrogens is 378 g/mol. The summed E-state index contributed by atoms with van der Waals surface area (Å²) in [7, 11) is 3.10. The van der Waals surface area contributed by atoms with E-state index in [4.69, 9.17) is 21.1 Å². The first kappa shape index (κ1) is 19.5. The number of carbonyl (C=O) groups excluding carboxylic acids is 1. The predicted molar refractivity (Wildman–Crippen MR) is 111 cm³/mol. The van der Waals surface area contributed by atoms with Gasteiger partial charge in [-0.2, -0.15) is 0 Å². The maximum Gasteiger partial charge on any atom is 0.257 e. The number of benzene rings is 2. The number of hydrogen-bond acceptors (Lipinski definition) is 5. The Balaban J connectivity index is 1.66. The number of rotatable bonds is 7. The van der Waals surface area contributed by atoms with E-state index in [2.05, 4.69) is 15.6 Å². The lowest BCUT2D eigenvalue weighted by Crippen LogP contribution is -2.13. The molecule has 0 fully saturated rings. The van der Waals surface area contributed by atoms with Gasteiger partial charge in [0, 0.05) is 23.8 Å². The average molecular weight is 398 g/mol. The Bertz CT molecular complexity index is 961. The van der Waals surface area contributed by atoms with Crippen LogP contribution in [-0.2, 0) is 6.54 Å². The van der Waals surface area contributed by atoms with Gasteiger partial charge in [-0.1, -0.05) is 29.8 Å². The Labute approximate surface area is 168 Å². The van der Waals surface area contributed by atoms with E-state index in [1.807, 2.05) is 24.3 Å². The molecule has 0 bridgehead atoms. The van der Waals surface area contributed by atoms with Gasteiger partial charge in [0.1, 0.15) is 17.3 Å². The van der Waals surface area contributed by atoms with Gasteiger partial charge in [0.15, 0.2) is 0 Å². The molecule has 6 nitrogen and oxygen atoms in total. The molecule has 0 unspecified atom stereocenters. The first-order valence-corrected chi connectivity index (χ1v) is 8.95. The van der Waals surface area contributed by atoms with Gasteiger partial charge in [0.25, 0.3) is 5.91 Å². The van der Waals surface area contributed by atoms with Crippen molar-refractivity contribution in [3.05, 3.63) is 76.9 Å². The number of aromatic nitrogens is 1. The molecule has 1 amide bonds. The molecule has 1 aromatic heterocycles. The molecule has 0 aliphatic heterocycles. The highest BCUT2D eigenvalue weighted by molar-refractivity contribution is 6.31. The second kappa shape index (κ2) is 9.10. The van der Waals surface area contributed by atoms with Gasteiger partial charge in [-0.05, 0) is 35.9 Å². The van der Waals surface area contributed by atoms with E-state index in [0.717, 1.165) is 5.56 Å². The topological polar surface area (TPSA) is 72.5 Å². The lowest BCUT2D eigenvalue weighted by molar-refractivity contribution is 0.102. The van der Waals surface area contributed by atoms with E-state index in [1.54, 1.807) is 44.6 Å². The summed E-state index contributed by atoms with van der Waals surface area (Å²) in [6, 6.07) is 16.2. The van der Waals surface area contributed by atoms with Crippen LogP contribution in [0.15, 0.2) is 60.8 Å². The van der Waals surface area contributed by atoms with Gasteiger partial charge in [0.05, 0.1) is 25.5 Å². The number of hydrogen-bond donors (Lipinski definition) is 2. The van der Waals surface area contributed by atoms with Crippen LogP contribution in [-0.4, -0.2) is 25.1 Å². The molecule has 2 N–H and O–H groups in total. The molecule has 3 rings (SSSR count). The van der Waals surface area contributed by atoms with Crippen LogP contribution >= 0.6 is 11.6 Å². The summed E-state index contributed by atoms with van der Waals surface area (Å²) in [4.78, 5) is 16.8. The van der Waals surface area contributed by atoms with Crippen molar-refractivity contribution < 1.29 is 14.3 Å². The molecule has 144 valence electrons. The Morgan fingerprint density at radius 3 is 2.57 bits per heavy atom. The fraction of sp³-hybridized carbons (Fsp3) is 0.143.